The largest absolute Gasteiger partial charge is 0.476 e. The predicted octanol–water partition coefficient (Wildman–Crippen LogP) is 6.22. The molecule has 0 bridgehead atoms. The number of nitrogens with zero attached hydrogens (tertiary/aromatic N) is 3. The van der Waals surface area contributed by atoms with Crippen molar-refractivity contribution in [3.05, 3.63) is 16.1 Å². The van der Waals surface area contributed by atoms with Gasteiger partial charge in [-0.05, 0) is 58.8 Å². The van der Waals surface area contributed by atoms with E-state index in [9.17, 15) is 29.4 Å². The molecule has 0 aromatic carbocycles. The van der Waals surface area contributed by atoms with E-state index >= 15 is 0 Å². The zero-order valence-corrected chi connectivity index (χ0v) is 29.5. The van der Waals surface area contributed by atoms with Gasteiger partial charge in [0, 0.05) is 30.9 Å². The number of hydrogen-bond acceptors (Lipinski definition) is 8. The zero-order chi connectivity index (χ0) is 34.1. The van der Waals surface area contributed by atoms with Crippen LogP contribution in [0.1, 0.15) is 135 Å². The first-order valence-corrected chi connectivity index (χ1v) is 17.3. The standard InChI is InChI=1S/C33H56N4O7S/c1-10-12-13-14-17-36(24(21(3)4)19-25(38)28-34-23(20-45-28)30(41)42)29(40)26(22(5)11-2)27(39)35-33(9)16-15-18-37(33)31(43)44-32(6,7)8/h20-22,24-26,38H,10-19H2,1-9H3,(H,35,39)(H,41,42)/t22-,24+,25+,26-,33+/m0/s1. The number of thiazole rings is 1. The van der Waals surface area contributed by atoms with E-state index in [-0.39, 0.29) is 34.9 Å². The summed E-state index contributed by atoms with van der Waals surface area (Å²) < 4.78 is 5.62. The monoisotopic (exact) mass is 652 g/mol. The van der Waals surface area contributed by atoms with Crippen LogP contribution in [-0.2, 0) is 14.3 Å². The number of amides is 3. The average molecular weight is 653 g/mol. The Bertz CT molecular complexity index is 1150. The van der Waals surface area contributed by atoms with Crippen LogP contribution >= 0.6 is 11.3 Å². The average Bonchev–Trinajstić information content (AvgIpc) is 3.58. The second kappa shape index (κ2) is 16.7. The number of likely N-dealkylation sites (tertiary alicyclic amines) is 1. The van der Waals surface area contributed by atoms with E-state index in [1.807, 2.05) is 27.7 Å². The minimum absolute atomic E-state index is 0.0654. The lowest BCUT2D eigenvalue weighted by Gasteiger charge is -2.41. The van der Waals surface area contributed by atoms with Gasteiger partial charge in [0.2, 0.25) is 11.8 Å². The SMILES string of the molecule is CCCCCCN(C(=O)[C@H](C(=O)N[C@@]1(C)CCCN1C(=O)OC(C)(C)C)[C@@H](C)CC)[C@H](C[C@@H](O)c1nc(C(=O)O)cs1)C(C)C. The van der Waals surface area contributed by atoms with Crippen LogP contribution in [0.2, 0.25) is 0 Å². The van der Waals surface area contributed by atoms with Gasteiger partial charge in [-0.1, -0.05) is 60.3 Å². The molecule has 0 spiro atoms. The van der Waals surface area contributed by atoms with Crippen molar-refractivity contribution in [3.8, 4) is 0 Å². The molecule has 1 aliphatic heterocycles. The first kappa shape index (κ1) is 38.5. The van der Waals surface area contributed by atoms with Crippen LogP contribution in [0.5, 0.6) is 0 Å². The third-order valence-corrected chi connectivity index (χ3v) is 9.55. The number of nitrogens with one attached hydrogen (secondary N) is 1. The van der Waals surface area contributed by atoms with Crippen molar-refractivity contribution in [2.75, 3.05) is 13.1 Å². The van der Waals surface area contributed by atoms with E-state index in [1.165, 1.54) is 5.38 Å². The number of aliphatic hydroxyl groups is 1. The number of carboxylic acids is 1. The highest BCUT2D eigenvalue weighted by molar-refractivity contribution is 7.09. The number of hydrogen-bond donors (Lipinski definition) is 3. The molecule has 0 aliphatic carbocycles. The number of ether oxygens (including phenoxy) is 1. The van der Waals surface area contributed by atoms with Crippen LogP contribution in [0.25, 0.3) is 0 Å². The number of aromatic nitrogens is 1. The maximum Gasteiger partial charge on any atom is 0.412 e. The number of carboxylic acid groups (broad SMARTS) is 1. The molecule has 45 heavy (non-hydrogen) atoms. The summed E-state index contributed by atoms with van der Waals surface area (Å²) in [5.41, 5.74) is -1.82. The van der Waals surface area contributed by atoms with Gasteiger partial charge in [0.05, 0.1) is 0 Å². The van der Waals surface area contributed by atoms with Gasteiger partial charge < -0.3 is 25.2 Å². The lowest BCUT2D eigenvalue weighted by atomic mass is 9.86. The molecule has 3 amide bonds. The number of rotatable bonds is 16. The Balaban J connectivity index is 2.41. The van der Waals surface area contributed by atoms with Gasteiger partial charge in [-0.3, -0.25) is 14.5 Å². The van der Waals surface area contributed by atoms with Crippen LogP contribution < -0.4 is 5.32 Å². The molecular formula is C33H56N4O7S. The van der Waals surface area contributed by atoms with Gasteiger partial charge in [0.1, 0.15) is 28.3 Å². The molecule has 0 radical (unpaired) electrons. The molecule has 3 N–H and O–H groups in total. The quantitative estimate of drug-likeness (QED) is 0.141. The maximum atomic E-state index is 14.6. The minimum atomic E-state index is -1.17. The summed E-state index contributed by atoms with van der Waals surface area (Å²) in [6.45, 7) is 18.0. The van der Waals surface area contributed by atoms with Gasteiger partial charge in [0.25, 0.3) is 0 Å². The van der Waals surface area contributed by atoms with Crippen LogP contribution in [0.4, 0.5) is 4.79 Å². The van der Waals surface area contributed by atoms with Gasteiger partial charge in [-0.2, -0.15) is 0 Å². The molecule has 2 heterocycles. The normalized spacial score (nSPS) is 19.6. The fourth-order valence-corrected chi connectivity index (χ4v) is 6.64. The number of carbonyl (C=O) groups excluding carboxylic acids is 3. The summed E-state index contributed by atoms with van der Waals surface area (Å²) in [6.07, 6.45) is 4.11. The van der Waals surface area contributed by atoms with Crippen molar-refractivity contribution in [1.29, 1.82) is 0 Å². The fraction of sp³-hybridized carbons (Fsp3) is 0.788. The molecule has 2 rings (SSSR count). The smallest absolute Gasteiger partial charge is 0.412 e. The lowest BCUT2D eigenvalue weighted by molar-refractivity contribution is -0.149. The van der Waals surface area contributed by atoms with Crippen LogP contribution in [0.3, 0.4) is 0 Å². The highest BCUT2D eigenvalue weighted by atomic mass is 32.1. The summed E-state index contributed by atoms with van der Waals surface area (Å²) >= 11 is 1.07. The van der Waals surface area contributed by atoms with E-state index in [0.717, 1.165) is 37.0 Å². The molecule has 1 aromatic heterocycles. The zero-order valence-electron chi connectivity index (χ0n) is 28.7. The number of unbranched alkanes of at least 4 members (excludes halogenated alkanes) is 3. The summed E-state index contributed by atoms with van der Waals surface area (Å²) in [5, 5.41) is 25.2. The predicted molar refractivity (Wildman–Crippen MR) is 175 cm³/mol. The Morgan fingerprint density at radius 1 is 1.16 bits per heavy atom. The summed E-state index contributed by atoms with van der Waals surface area (Å²) in [6, 6.07) is -0.425. The Kier molecular flexibility index (Phi) is 14.3. The maximum absolute atomic E-state index is 14.6. The second-order valence-electron chi connectivity index (χ2n) is 13.9. The van der Waals surface area contributed by atoms with Crippen molar-refractivity contribution in [1.82, 2.24) is 20.1 Å². The lowest BCUT2D eigenvalue weighted by Crippen LogP contribution is -2.61. The van der Waals surface area contributed by atoms with Gasteiger partial charge >= 0.3 is 12.1 Å². The molecule has 1 fully saturated rings. The van der Waals surface area contributed by atoms with E-state index < -0.39 is 47.3 Å². The van der Waals surface area contributed by atoms with Crippen LogP contribution in [0.15, 0.2) is 5.38 Å². The highest BCUT2D eigenvalue weighted by Gasteiger charge is 2.46. The Morgan fingerprint density at radius 3 is 2.36 bits per heavy atom. The molecule has 0 saturated carbocycles. The van der Waals surface area contributed by atoms with Crippen molar-refractivity contribution in [3.63, 3.8) is 0 Å². The van der Waals surface area contributed by atoms with E-state index in [0.29, 0.717) is 32.4 Å². The third kappa shape index (κ3) is 10.7. The Hall–Kier alpha value is -2.73. The fourth-order valence-electron chi connectivity index (χ4n) is 5.85. The van der Waals surface area contributed by atoms with Crippen LogP contribution in [0, 0.1) is 17.8 Å². The van der Waals surface area contributed by atoms with Crippen LogP contribution in [-0.4, -0.2) is 79.3 Å². The van der Waals surface area contributed by atoms with E-state index in [2.05, 4.69) is 17.2 Å². The third-order valence-electron chi connectivity index (χ3n) is 8.61. The summed E-state index contributed by atoms with van der Waals surface area (Å²) in [4.78, 5) is 60.5. The molecule has 256 valence electrons. The second-order valence-corrected chi connectivity index (χ2v) is 14.8. The highest BCUT2D eigenvalue weighted by Crippen LogP contribution is 2.32. The van der Waals surface area contributed by atoms with Gasteiger partial charge in [-0.25, -0.2) is 14.6 Å². The van der Waals surface area contributed by atoms with E-state index in [1.54, 1.807) is 37.5 Å². The molecule has 1 aromatic rings. The van der Waals surface area contributed by atoms with Crippen molar-refractivity contribution >= 4 is 35.2 Å². The number of carbonyl (C=O) groups is 4. The first-order chi connectivity index (χ1) is 21.0. The molecule has 0 unspecified atom stereocenters. The Morgan fingerprint density at radius 2 is 1.82 bits per heavy atom. The van der Waals surface area contributed by atoms with Gasteiger partial charge in [0.15, 0.2) is 5.69 Å². The summed E-state index contributed by atoms with van der Waals surface area (Å²) in [7, 11) is 0. The molecule has 12 heteroatoms. The summed E-state index contributed by atoms with van der Waals surface area (Å²) in [5.74, 6) is -3.26. The van der Waals surface area contributed by atoms with E-state index in [4.69, 9.17) is 4.74 Å². The number of aliphatic hydroxyl groups excluding tert-OH is 1. The Labute approximate surface area is 273 Å². The molecular weight excluding hydrogens is 596 g/mol. The molecule has 1 aliphatic rings. The first-order valence-electron chi connectivity index (χ1n) is 16.5. The molecule has 11 nitrogen and oxygen atoms in total. The molecule has 5 atom stereocenters. The topological polar surface area (TPSA) is 149 Å². The van der Waals surface area contributed by atoms with Crippen molar-refractivity contribution in [2.24, 2.45) is 17.8 Å². The van der Waals surface area contributed by atoms with Gasteiger partial charge in [-0.15, -0.1) is 11.3 Å². The van der Waals surface area contributed by atoms with Crippen molar-refractivity contribution in [2.45, 2.75) is 137 Å². The molecule has 1 saturated heterocycles. The number of aromatic carboxylic acids is 1. The van der Waals surface area contributed by atoms with Crippen molar-refractivity contribution < 1.29 is 34.1 Å². The minimum Gasteiger partial charge on any atom is -0.476 e.